The molecule has 5 heteroatoms. The van der Waals surface area contributed by atoms with Gasteiger partial charge in [0.05, 0.1) is 12.5 Å². The molecule has 27 heavy (non-hydrogen) atoms. The number of hydrogen-bond acceptors (Lipinski definition) is 4. The standard InChI is InChI=1S/C22H32N2O3/c1-15(2)18-11-10-16(3)12-20(18)27-22(26)13-19(24-21(25)14-23-4)17-8-6-5-7-9-17/h5-9,15-16,18-20H,4,10-14H2,1-3H3,(H,24,25)/t16-,18+,19-,20-/m1/s1. The molecule has 1 aromatic rings. The number of hydrogen-bond donors (Lipinski definition) is 1. The molecule has 0 aliphatic heterocycles. The number of esters is 1. The molecule has 0 saturated heterocycles. The Kier molecular flexibility index (Phi) is 8.01. The van der Waals surface area contributed by atoms with Gasteiger partial charge in [-0.1, -0.05) is 57.5 Å². The highest BCUT2D eigenvalue weighted by Crippen LogP contribution is 2.35. The van der Waals surface area contributed by atoms with Crippen molar-refractivity contribution >= 4 is 18.6 Å². The van der Waals surface area contributed by atoms with Crippen LogP contribution in [0.15, 0.2) is 35.3 Å². The first kappa shape index (κ1) is 21.1. The summed E-state index contributed by atoms with van der Waals surface area (Å²) in [7, 11) is 0. The monoisotopic (exact) mass is 372 g/mol. The van der Waals surface area contributed by atoms with Gasteiger partial charge in [0, 0.05) is 0 Å². The highest BCUT2D eigenvalue weighted by molar-refractivity contribution is 5.80. The highest BCUT2D eigenvalue weighted by Gasteiger charge is 2.34. The summed E-state index contributed by atoms with van der Waals surface area (Å²) in [4.78, 5) is 28.3. The molecule has 0 heterocycles. The van der Waals surface area contributed by atoms with Crippen LogP contribution in [0.3, 0.4) is 0 Å². The van der Waals surface area contributed by atoms with E-state index in [4.69, 9.17) is 4.74 Å². The summed E-state index contributed by atoms with van der Waals surface area (Å²) in [5.41, 5.74) is 0.879. The molecule has 4 atom stereocenters. The van der Waals surface area contributed by atoms with Crippen molar-refractivity contribution in [3.8, 4) is 0 Å². The van der Waals surface area contributed by atoms with Gasteiger partial charge in [0.2, 0.25) is 5.91 Å². The summed E-state index contributed by atoms with van der Waals surface area (Å²) in [6.45, 7) is 9.93. The molecule has 0 aromatic heterocycles. The van der Waals surface area contributed by atoms with Crippen LogP contribution >= 0.6 is 0 Å². The van der Waals surface area contributed by atoms with Crippen LogP contribution < -0.4 is 5.32 Å². The topological polar surface area (TPSA) is 67.8 Å². The van der Waals surface area contributed by atoms with Crippen LogP contribution in [0.25, 0.3) is 0 Å². The third-order valence-corrected chi connectivity index (χ3v) is 5.41. The van der Waals surface area contributed by atoms with Gasteiger partial charge in [-0.25, -0.2) is 0 Å². The second-order valence-corrected chi connectivity index (χ2v) is 7.97. The van der Waals surface area contributed by atoms with Crippen molar-refractivity contribution in [2.45, 2.75) is 58.6 Å². The third-order valence-electron chi connectivity index (χ3n) is 5.41. The lowest BCUT2D eigenvalue weighted by molar-refractivity contribution is -0.156. The highest BCUT2D eigenvalue weighted by atomic mass is 16.5. The Hall–Kier alpha value is -2.17. The van der Waals surface area contributed by atoms with E-state index < -0.39 is 6.04 Å². The van der Waals surface area contributed by atoms with Gasteiger partial charge in [0.25, 0.3) is 0 Å². The van der Waals surface area contributed by atoms with E-state index in [2.05, 4.69) is 37.8 Å². The van der Waals surface area contributed by atoms with Crippen LogP contribution in [0.1, 0.15) is 58.1 Å². The second-order valence-electron chi connectivity index (χ2n) is 7.97. The van der Waals surface area contributed by atoms with Crippen molar-refractivity contribution in [3.63, 3.8) is 0 Å². The number of nitrogens with one attached hydrogen (secondary N) is 1. The summed E-state index contributed by atoms with van der Waals surface area (Å²) in [6.07, 6.45) is 3.28. The molecule has 1 amide bonds. The van der Waals surface area contributed by atoms with Gasteiger partial charge in [-0.3, -0.25) is 14.6 Å². The predicted molar refractivity (Wildman–Crippen MR) is 108 cm³/mol. The Labute approximate surface area is 162 Å². The Morgan fingerprint density at radius 3 is 2.59 bits per heavy atom. The lowest BCUT2D eigenvalue weighted by Crippen LogP contribution is -2.37. The number of carbonyl (C=O) groups excluding carboxylic acids is 2. The number of benzene rings is 1. The zero-order chi connectivity index (χ0) is 19.8. The van der Waals surface area contributed by atoms with Crippen LogP contribution in [-0.2, 0) is 14.3 Å². The largest absolute Gasteiger partial charge is 0.462 e. The lowest BCUT2D eigenvalue weighted by atomic mass is 9.75. The average Bonchev–Trinajstić information content (AvgIpc) is 2.62. The van der Waals surface area contributed by atoms with Crippen molar-refractivity contribution in [3.05, 3.63) is 35.9 Å². The van der Waals surface area contributed by atoms with Crippen molar-refractivity contribution < 1.29 is 14.3 Å². The summed E-state index contributed by atoms with van der Waals surface area (Å²) in [5, 5.41) is 2.87. The van der Waals surface area contributed by atoms with E-state index in [1.165, 1.54) is 6.42 Å². The van der Waals surface area contributed by atoms with Gasteiger partial charge in [0.1, 0.15) is 12.6 Å². The number of nitrogens with zero attached hydrogens (tertiary/aromatic N) is 1. The fourth-order valence-electron chi connectivity index (χ4n) is 3.91. The Morgan fingerprint density at radius 2 is 1.96 bits per heavy atom. The average molecular weight is 373 g/mol. The molecule has 0 unspecified atom stereocenters. The van der Waals surface area contributed by atoms with Crippen molar-refractivity contribution in [2.24, 2.45) is 22.7 Å². The molecule has 0 radical (unpaired) electrons. The zero-order valence-electron chi connectivity index (χ0n) is 16.7. The summed E-state index contributed by atoms with van der Waals surface area (Å²) >= 11 is 0. The van der Waals surface area contributed by atoms with Crippen LogP contribution in [0, 0.1) is 17.8 Å². The summed E-state index contributed by atoms with van der Waals surface area (Å²) < 4.78 is 5.90. The maximum Gasteiger partial charge on any atom is 0.308 e. The van der Waals surface area contributed by atoms with Crippen LogP contribution in [0.2, 0.25) is 0 Å². The van der Waals surface area contributed by atoms with E-state index in [9.17, 15) is 9.59 Å². The molecule has 1 aliphatic carbocycles. The van der Waals surface area contributed by atoms with Gasteiger partial charge in [-0.15, -0.1) is 0 Å². The summed E-state index contributed by atoms with van der Waals surface area (Å²) in [5.74, 6) is 0.943. The van der Waals surface area contributed by atoms with E-state index in [1.807, 2.05) is 30.3 Å². The number of carbonyl (C=O) groups is 2. The molecule has 148 valence electrons. The first-order chi connectivity index (χ1) is 12.9. The van der Waals surface area contributed by atoms with Gasteiger partial charge in [-0.05, 0) is 42.9 Å². The molecule has 1 fully saturated rings. The maximum absolute atomic E-state index is 12.7. The Balaban J connectivity index is 2.05. The van der Waals surface area contributed by atoms with Crippen LogP contribution in [-0.4, -0.2) is 31.2 Å². The molecule has 5 nitrogen and oxygen atoms in total. The summed E-state index contributed by atoms with van der Waals surface area (Å²) in [6, 6.07) is 9.07. The van der Waals surface area contributed by atoms with E-state index in [0.29, 0.717) is 17.8 Å². The molecule has 0 bridgehead atoms. The third kappa shape index (κ3) is 6.49. The fourth-order valence-corrected chi connectivity index (χ4v) is 3.91. The first-order valence-electron chi connectivity index (χ1n) is 9.87. The molecular formula is C22H32N2O3. The normalized spacial score (nSPS) is 23.5. The van der Waals surface area contributed by atoms with E-state index in [0.717, 1.165) is 18.4 Å². The molecule has 2 rings (SSSR count). The number of aliphatic imine (C=N–C) groups is 1. The second kappa shape index (κ2) is 10.2. The minimum absolute atomic E-state index is 0.0199. The number of rotatable bonds is 8. The first-order valence-corrected chi connectivity index (χ1v) is 9.87. The quantitative estimate of drug-likeness (QED) is 0.555. The van der Waals surface area contributed by atoms with Gasteiger partial charge in [0.15, 0.2) is 0 Å². The SMILES string of the molecule is C=NCC(=O)N[C@H](CC(=O)O[C@@H]1C[C@H](C)CC[C@H]1C(C)C)c1ccccc1. The maximum atomic E-state index is 12.7. The number of amides is 1. The molecule has 1 N–H and O–H groups in total. The minimum Gasteiger partial charge on any atom is -0.462 e. The molecule has 1 saturated carbocycles. The van der Waals surface area contributed by atoms with Gasteiger partial charge >= 0.3 is 5.97 Å². The molecular weight excluding hydrogens is 340 g/mol. The fraction of sp³-hybridized carbons (Fsp3) is 0.591. The zero-order valence-corrected chi connectivity index (χ0v) is 16.7. The van der Waals surface area contributed by atoms with Gasteiger partial charge in [-0.2, -0.15) is 0 Å². The Morgan fingerprint density at radius 1 is 1.26 bits per heavy atom. The molecule has 1 aliphatic rings. The smallest absolute Gasteiger partial charge is 0.308 e. The van der Waals surface area contributed by atoms with E-state index in [-0.39, 0.29) is 30.9 Å². The lowest BCUT2D eigenvalue weighted by Gasteiger charge is -2.37. The van der Waals surface area contributed by atoms with Crippen molar-refractivity contribution in [1.29, 1.82) is 0 Å². The number of ether oxygens (including phenoxy) is 1. The van der Waals surface area contributed by atoms with Crippen molar-refractivity contribution in [1.82, 2.24) is 5.32 Å². The van der Waals surface area contributed by atoms with Crippen LogP contribution in [0.5, 0.6) is 0 Å². The van der Waals surface area contributed by atoms with E-state index >= 15 is 0 Å². The van der Waals surface area contributed by atoms with Crippen LogP contribution in [0.4, 0.5) is 0 Å². The van der Waals surface area contributed by atoms with Crippen molar-refractivity contribution in [2.75, 3.05) is 6.54 Å². The Bertz CT molecular complexity index is 630. The van der Waals surface area contributed by atoms with Gasteiger partial charge < -0.3 is 10.1 Å². The van der Waals surface area contributed by atoms with E-state index in [1.54, 1.807) is 0 Å². The molecule has 1 aromatic carbocycles. The molecule has 0 spiro atoms. The predicted octanol–water partition coefficient (Wildman–Crippen LogP) is 3.94. The minimum atomic E-state index is -0.425.